The van der Waals surface area contributed by atoms with Crippen LogP contribution in [0.4, 0.5) is 5.13 Å². The molecule has 1 saturated heterocycles. The molecule has 0 aromatic carbocycles. The Morgan fingerprint density at radius 3 is 2.56 bits per heavy atom. The van der Waals surface area contributed by atoms with Crippen LogP contribution in [0.1, 0.15) is 62.4 Å². The summed E-state index contributed by atoms with van der Waals surface area (Å²) >= 11 is 2.87. The SMILES string of the molecule is CSCC(=O)Nc1nc2c(s1)C[C@@H]1[C@](C)(CO)[C@H](O)CC[C@@]1(C)[C@@H]2CC(=O)N1CCC(C(N)=O)CC1. The standard InChI is InChI=1S/C25H38N4O5S2/c1-24-7-4-18(31)25(2,13-30)17(24)11-16-21(28-23(36-16)27-19(32)12-35-3)15(24)10-20(33)29-8-5-14(6-9-29)22(26)34/h14-15,17-18,30-31H,4-13H2,1-3H3,(H2,26,34)(H,27,28,32)/t15-,17+,18-,24+,25+/m1/s1. The topological polar surface area (TPSA) is 146 Å². The summed E-state index contributed by atoms with van der Waals surface area (Å²) in [6.45, 7) is 4.99. The molecule has 9 nitrogen and oxygen atoms in total. The smallest absolute Gasteiger partial charge is 0.236 e. The number of carbonyl (C=O) groups excluding carboxylic acids is 3. The first-order valence-electron chi connectivity index (χ1n) is 12.7. The lowest BCUT2D eigenvalue weighted by Crippen LogP contribution is -2.58. The first-order chi connectivity index (χ1) is 17.0. The summed E-state index contributed by atoms with van der Waals surface area (Å²) in [7, 11) is 0. The van der Waals surface area contributed by atoms with Gasteiger partial charge >= 0.3 is 0 Å². The van der Waals surface area contributed by atoms with Gasteiger partial charge in [-0.1, -0.05) is 13.8 Å². The molecular weight excluding hydrogens is 500 g/mol. The second-order valence-electron chi connectivity index (χ2n) is 11.1. The number of aliphatic hydroxyl groups is 2. The molecule has 1 saturated carbocycles. The molecule has 1 aromatic rings. The Bertz CT molecular complexity index is 1010. The number of nitrogens with one attached hydrogen (secondary N) is 1. The minimum atomic E-state index is -0.696. The van der Waals surface area contributed by atoms with Crippen molar-refractivity contribution in [3.63, 3.8) is 0 Å². The Morgan fingerprint density at radius 1 is 1.25 bits per heavy atom. The van der Waals surface area contributed by atoms with Crippen LogP contribution < -0.4 is 11.1 Å². The fourth-order valence-electron chi connectivity index (χ4n) is 6.70. The lowest BCUT2D eigenvalue weighted by molar-refractivity contribution is -0.148. The maximum Gasteiger partial charge on any atom is 0.236 e. The van der Waals surface area contributed by atoms with Gasteiger partial charge in [-0.15, -0.1) is 11.3 Å². The van der Waals surface area contributed by atoms with E-state index in [4.69, 9.17) is 10.7 Å². The van der Waals surface area contributed by atoms with Crippen LogP contribution in [0.3, 0.4) is 0 Å². The van der Waals surface area contributed by atoms with E-state index >= 15 is 0 Å². The first-order valence-corrected chi connectivity index (χ1v) is 14.9. The second-order valence-corrected chi connectivity index (χ2v) is 13.1. The Hall–Kier alpha value is -1.69. The highest BCUT2D eigenvalue weighted by atomic mass is 32.2. The molecule has 4 rings (SSSR count). The van der Waals surface area contributed by atoms with Crippen molar-refractivity contribution in [3.8, 4) is 0 Å². The van der Waals surface area contributed by atoms with Gasteiger partial charge in [-0.2, -0.15) is 11.8 Å². The molecule has 3 amide bonds. The van der Waals surface area contributed by atoms with Crippen LogP contribution in [0, 0.1) is 22.7 Å². The van der Waals surface area contributed by atoms with E-state index in [2.05, 4.69) is 12.2 Å². The van der Waals surface area contributed by atoms with Crippen molar-refractivity contribution in [2.45, 2.75) is 64.4 Å². The van der Waals surface area contributed by atoms with E-state index in [1.54, 1.807) is 0 Å². The second kappa shape index (κ2) is 10.6. The van der Waals surface area contributed by atoms with Crippen LogP contribution in [0.15, 0.2) is 0 Å². The van der Waals surface area contributed by atoms with Crippen LogP contribution in [-0.4, -0.2) is 75.6 Å². The number of rotatable bonds is 7. The predicted molar refractivity (Wildman–Crippen MR) is 141 cm³/mol. The third-order valence-corrected chi connectivity index (χ3v) is 10.6. The monoisotopic (exact) mass is 538 g/mol. The number of thiazole rings is 1. The number of piperidine rings is 1. The quantitative estimate of drug-likeness (QED) is 0.415. The zero-order chi connectivity index (χ0) is 26.3. The Balaban J connectivity index is 1.65. The fraction of sp³-hybridized carbons (Fsp3) is 0.760. The number of hydrogen-bond donors (Lipinski definition) is 4. The number of amides is 3. The highest BCUT2D eigenvalue weighted by molar-refractivity contribution is 7.99. The number of nitrogens with two attached hydrogens (primary N) is 1. The average Bonchev–Trinajstić information content (AvgIpc) is 3.24. The average molecular weight is 539 g/mol. The Labute approximate surface area is 220 Å². The molecule has 2 fully saturated rings. The molecule has 11 heteroatoms. The van der Waals surface area contributed by atoms with Crippen molar-refractivity contribution in [1.29, 1.82) is 0 Å². The van der Waals surface area contributed by atoms with Crippen LogP contribution in [0.5, 0.6) is 0 Å². The minimum absolute atomic E-state index is 0.0218. The number of carbonyl (C=O) groups is 3. The predicted octanol–water partition coefficient (Wildman–Crippen LogP) is 1.97. The van der Waals surface area contributed by atoms with Crippen molar-refractivity contribution >= 4 is 46.0 Å². The molecule has 0 bridgehead atoms. The Kier molecular flexibility index (Phi) is 8.04. The van der Waals surface area contributed by atoms with E-state index < -0.39 is 11.5 Å². The third-order valence-electron chi connectivity index (χ3n) is 9.04. The summed E-state index contributed by atoms with van der Waals surface area (Å²) in [4.78, 5) is 45.0. The van der Waals surface area contributed by atoms with Crippen molar-refractivity contribution in [2.24, 2.45) is 28.4 Å². The Morgan fingerprint density at radius 2 is 1.94 bits per heavy atom. The molecule has 2 heterocycles. The fourth-order valence-corrected chi connectivity index (χ4v) is 8.12. The zero-order valence-electron chi connectivity index (χ0n) is 21.3. The summed E-state index contributed by atoms with van der Waals surface area (Å²) in [5, 5.41) is 24.7. The lowest BCUT2D eigenvalue weighted by Gasteiger charge is -2.58. The van der Waals surface area contributed by atoms with Gasteiger partial charge in [0.1, 0.15) is 0 Å². The summed E-state index contributed by atoms with van der Waals surface area (Å²) in [6, 6.07) is 0. The molecule has 3 aliphatic rings. The van der Waals surface area contributed by atoms with Crippen LogP contribution >= 0.6 is 23.1 Å². The number of aromatic nitrogens is 1. The van der Waals surface area contributed by atoms with Gasteiger partial charge in [-0.25, -0.2) is 4.98 Å². The normalized spacial score (nSPS) is 32.5. The first kappa shape index (κ1) is 27.3. The summed E-state index contributed by atoms with van der Waals surface area (Å²) in [5.74, 6) is -0.493. The lowest BCUT2D eigenvalue weighted by atomic mass is 9.47. The van der Waals surface area contributed by atoms with Gasteiger partial charge in [0.05, 0.1) is 24.2 Å². The van der Waals surface area contributed by atoms with Crippen molar-refractivity contribution in [3.05, 3.63) is 10.6 Å². The van der Waals surface area contributed by atoms with Crippen LogP contribution in [-0.2, 0) is 20.8 Å². The molecule has 2 aliphatic carbocycles. The van der Waals surface area contributed by atoms with Gasteiger partial charge in [0, 0.05) is 41.6 Å². The van der Waals surface area contributed by atoms with Gasteiger partial charge in [0.15, 0.2) is 5.13 Å². The van der Waals surface area contributed by atoms with Crippen molar-refractivity contribution in [2.75, 3.05) is 37.0 Å². The van der Waals surface area contributed by atoms with Gasteiger partial charge in [0.2, 0.25) is 17.7 Å². The number of hydrogen-bond acceptors (Lipinski definition) is 8. The number of aliphatic hydroxyl groups excluding tert-OH is 2. The largest absolute Gasteiger partial charge is 0.396 e. The van der Waals surface area contributed by atoms with Gasteiger partial charge < -0.3 is 26.2 Å². The molecule has 5 N–H and O–H groups in total. The summed E-state index contributed by atoms with van der Waals surface area (Å²) in [5.41, 5.74) is 5.28. The van der Waals surface area contributed by atoms with Crippen molar-refractivity contribution in [1.82, 2.24) is 9.88 Å². The molecule has 1 aromatic heterocycles. The third kappa shape index (κ3) is 4.91. The molecule has 0 unspecified atom stereocenters. The van der Waals surface area contributed by atoms with E-state index in [1.807, 2.05) is 18.1 Å². The number of fused-ring (bicyclic) bond motifs is 2. The van der Waals surface area contributed by atoms with E-state index in [1.165, 1.54) is 23.1 Å². The number of likely N-dealkylation sites (tertiary alicyclic amines) is 1. The van der Waals surface area contributed by atoms with E-state index in [0.717, 1.165) is 17.0 Å². The zero-order valence-corrected chi connectivity index (χ0v) is 22.9. The maximum absolute atomic E-state index is 13.5. The molecular formula is C25H38N4O5S2. The van der Waals surface area contributed by atoms with E-state index in [9.17, 15) is 24.6 Å². The highest BCUT2D eigenvalue weighted by Crippen LogP contribution is 2.63. The molecule has 0 radical (unpaired) electrons. The highest BCUT2D eigenvalue weighted by Gasteiger charge is 2.59. The maximum atomic E-state index is 13.5. The molecule has 36 heavy (non-hydrogen) atoms. The number of primary amides is 1. The minimum Gasteiger partial charge on any atom is -0.396 e. The summed E-state index contributed by atoms with van der Waals surface area (Å²) < 4.78 is 0. The number of thioether (sulfide) groups is 1. The van der Waals surface area contributed by atoms with Gasteiger partial charge in [0.25, 0.3) is 0 Å². The molecule has 1 aliphatic heterocycles. The van der Waals surface area contributed by atoms with Crippen LogP contribution in [0.25, 0.3) is 0 Å². The van der Waals surface area contributed by atoms with E-state index in [-0.39, 0.29) is 53.9 Å². The van der Waals surface area contributed by atoms with Crippen LogP contribution in [0.2, 0.25) is 0 Å². The number of nitrogens with zero attached hydrogens (tertiary/aromatic N) is 2. The number of anilines is 1. The summed E-state index contributed by atoms with van der Waals surface area (Å²) in [6.07, 6.45) is 4.58. The molecule has 0 spiro atoms. The van der Waals surface area contributed by atoms with Gasteiger partial charge in [-0.05, 0) is 49.7 Å². The van der Waals surface area contributed by atoms with Crippen molar-refractivity contribution < 1.29 is 24.6 Å². The molecule has 5 atom stereocenters. The van der Waals surface area contributed by atoms with Gasteiger partial charge in [-0.3, -0.25) is 14.4 Å². The van der Waals surface area contributed by atoms with E-state index in [0.29, 0.717) is 49.7 Å². The molecule has 200 valence electrons.